The molecule has 1 unspecified atom stereocenters. The Bertz CT molecular complexity index is 501. The van der Waals surface area contributed by atoms with Crippen LogP contribution in [-0.2, 0) is 14.4 Å². The van der Waals surface area contributed by atoms with Gasteiger partial charge in [0.05, 0.1) is 6.42 Å². The third-order valence-corrected chi connectivity index (χ3v) is 2.68. The summed E-state index contributed by atoms with van der Waals surface area (Å²) in [5.74, 6) is -2.89. The highest BCUT2D eigenvalue weighted by Gasteiger charge is 2.27. The van der Waals surface area contributed by atoms with Crippen LogP contribution in [0.15, 0.2) is 30.3 Å². The van der Waals surface area contributed by atoms with Crippen molar-refractivity contribution in [2.45, 2.75) is 31.9 Å². The molecule has 1 rings (SSSR count). The zero-order valence-electron chi connectivity index (χ0n) is 11.5. The van der Waals surface area contributed by atoms with Crippen LogP contribution >= 0.6 is 0 Å². The van der Waals surface area contributed by atoms with E-state index in [0.29, 0.717) is 12.2 Å². The van der Waals surface area contributed by atoms with Crippen molar-refractivity contribution in [1.82, 2.24) is 5.32 Å². The van der Waals surface area contributed by atoms with Gasteiger partial charge in [0.2, 0.25) is 0 Å². The third kappa shape index (κ3) is 5.52. The number of carboxylic acids is 2. The van der Waals surface area contributed by atoms with E-state index >= 15 is 0 Å². The number of nitrogens with one attached hydrogen (secondary N) is 1. The first-order valence-electron chi connectivity index (χ1n) is 6.40. The number of para-hydroxylation sites is 1. The molecule has 0 bridgehead atoms. The van der Waals surface area contributed by atoms with Crippen molar-refractivity contribution < 1.29 is 29.3 Å². The van der Waals surface area contributed by atoms with Gasteiger partial charge in [-0.05, 0) is 18.6 Å². The van der Waals surface area contributed by atoms with Crippen molar-refractivity contribution in [1.29, 1.82) is 0 Å². The van der Waals surface area contributed by atoms with Crippen LogP contribution in [0.4, 0.5) is 0 Å². The SMILES string of the molecule is CCC(Oc1ccccc1)C(=O)N[C@@H](CC(=O)O)C(=O)O. The molecule has 21 heavy (non-hydrogen) atoms. The van der Waals surface area contributed by atoms with E-state index in [4.69, 9.17) is 14.9 Å². The normalized spacial score (nSPS) is 13.0. The molecule has 1 aromatic rings. The smallest absolute Gasteiger partial charge is 0.326 e. The van der Waals surface area contributed by atoms with E-state index in [0.717, 1.165) is 0 Å². The Labute approximate surface area is 121 Å². The van der Waals surface area contributed by atoms with Crippen molar-refractivity contribution in [3.63, 3.8) is 0 Å². The van der Waals surface area contributed by atoms with Crippen LogP contribution in [0.25, 0.3) is 0 Å². The molecule has 0 aliphatic rings. The fourth-order valence-electron chi connectivity index (χ4n) is 1.62. The fourth-order valence-corrected chi connectivity index (χ4v) is 1.62. The molecule has 0 aliphatic carbocycles. The van der Waals surface area contributed by atoms with Gasteiger partial charge in [0, 0.05) is 0 Å². The van der Waals surface area contributed by atoms with E-state index in [2.05, 4.69) is 5.32 Å². The molecule has 0 spiro atoms. The molecule has 0 fully saturated rings. The molecule has 7 heteroatoms. The number of rotatable bonds is 8. The zero-order valence-corrected chi connectivity index (χ0v) is 11.5. The number of hydrogen-bond acceptors (Lipinski definition) is 4. The van der Waals surface area contributed by atoms with Gasteiger partial charge in [-0.2, -0.15) is 0 Å². The van der Waals surface area contributed by atoms with Gasteiger partial charge in [0.25, 0.3) is 5.91 Å². The number of aliphatic carboxylic acids is 2. The summed E-state index contributed by atoms with van der Waals surface area (Å²) >= 11 is 0. The van der Waals surface area contributed by atoms with Crippen LogP contribution in [-0.4, -0.2) is 40.2 Å². The summed E-state index contributed by atoms with van der Waals surface area (Å²) in [6.45, 7) is 1.71. The molecule has 1 amide bonds. The summed E-state index contributed by atoms with van der Waals surface area (Å²) in [5.41, 5.74) is 0. The quantitative estimate of drug-likeness (QED) is 0.656. The van der Waals surface area contributed by atoms with Gasteiger partial charge in [0.1, 0.15) is 11.8 Å². The number of ether oxygens (including phenoxy) is 1. The minimum atomic E-state index is -1.48. The van der Waals surface area contributed by atoms with Crippen LogP contribution in [0.3, 0.4) is 0 Å². The van der Waals surface area contributed by atoms with Crippen molar-refractivity contribution in [3.8, 4) is 5.75 Å². The van der Waals surface area contributed by atoms with Crippen LogP contribution in [0, 0.1) is 0 Å². The molecule has 3 N–H and O–H groups in total. The summed E-state index contributed by atoms with van der Waals surface area (Å²) in [4.78, 5) is 33.5. The molecule has 114 valence electrons. The summed E-state index contributed by atoms with van der Waals surface area (Å²) in [6, 6.07) is 7.13. The molecule has 7 nitrogen and oxygen atoms in total. The number of hydrogen-bond donors (Lipinski definition) is 3. The minimum Gasteiger partial charge on any atom is -0.481 e. The summed E-state index contributed by atoms with van der Waals surface area (Å²) in [7, 11) is 0. The number of carbonyl (C=O) groups excluding carboxylic acids is 1. The Morgan fingerprint density at radius 3 is 2.29 bits per heavy atom. The van der Waals surface area contributed by atoms with E-state index in [1.165, 1.54) is 0 Å². The summed E-state index contributed by atoms with van der Waals surface area (Å²) in [6.07, 6.45) is -1.26. The lowest BCUT2D eigenvalue weighted by Gasteiger charge is -2.19. The van der Waals surface area contributed by atoms with E-state index in [-0.39, 0.29) is 0 Å². The maximum Gasteiger partial charge on any atom is 0.326 e. The number of carboxylic acid groups (broad SMARTS) is 2. The predicted octanol–water partition coefficient (Wildman–Crippen LogP) is 0.888. The van der Waals surface area contributed by atoms with E-state index in [1.807, 2.05) is 0 Å². The molecule has 1 aromatic carbocycles. The third-order valence-electron chi connectivity index (χ3n) is 2.68. The van der Waals surface area contributed by atoms with Gasteiger partial charge in [-0.15, -0.1) is 0 Å². The Balaban J connectivity index is 2.69. The monoisotopic (exact) mass is 295 g/mol. The maximum absolute atomic E-state index is 12.0. The van der Waals surface area contributed by atoms with Crippen LogP contribution in [0.1, 0.15) is 19.8 Å². The first-order chi connectivity index (χ1) is 9.93. The summed E-state index contributed by atoms with van der Waals surface area (Å²) in [5, 5.41) is 19.7. The van der Waals surface area contributed by atoms with Crippen molar-refractivity contribution in [2.75, 3.05) is 0 Å². The van der Waals surface area contributed by atoms with Crippen LogP contribution < -0.4 is 10.1 Å². The van der Waals surface area contributed by atoms with E-state index in [9.17, 15) is 14.4 Å². The molecule has 0 saturated carbocycles. The largest absolute Gasteiger partial charge is 0.481 e. The van der Waals surface area contributed by atoms with Gasteiger partial charge < -0.3 is 20.3 Å². The van der Waals surface area contributed by atoms with Gasteiger partial charge in [-0.3, -0.25) is 9.59 Å². The van der Waals surface area contributed by atoms with Crippen LogP contribution in [0.5, 0.6) is 5.75 Å². The minimum absolute atomic E-state index is 0.320. The topological polar surface area (TPSA) is 113 Å². The van der Waals surface area contributed by atoms with Crippen molar-refractivity contribution in [2.24, 2.45) is 0 Å². The molecule has 0 radical (unpaired) electrons. The molecule has 0 heterocycles. The Hall–Kier alpha value is -2.57. The van der Waals surface area contributed by atoms with E-state index in [1.54, 1.807) is 37.3 Å². The average molecular weight is 295 g/mol. The maximum atomic E-state index is 12.0. The van der Waals surface area contributed by atoms with Crippen molar-refractivity contribution in [3.05, 3.63) is 30.3 Å². The lowest BCUT2D eigenvalue weighted by Crippen LogP contribution is -2.47. The predicted molar refractivity (Wildman–Crippen MR) is 73.0 cm³/mol. The van der Waals surface area contributed by atoms with E-state index < -0.39 is 36.4 Å². The second-order valence-corrected chi connectivity index (χ2v) is 4.33. The second kappa shape index (κ2) is 7.88. The molecular weight excluding hydrogens is 278 g/mol. The first-order valence-corrected chi connectivity index (χ1v) is 6.40. The second-order valence-electron chi connectivity index (χ2n) is 4.33. The standard InChI is InChI=1S/C14H17NO6/c1-2-11(21-9-6-4-3-5-7-9)13(18)15-10(14(19)20)8-12(16)17/h3-7,10-11H,2,8H2,1H3,(H,15,18)(H,16,17)(H,19,20)/t10-,11?/m0/s1. The number of benzene rings is 1. The lowest BCUT2D eigenvalue weighted by molar-refractivity contribution is -0.148. The zero-order chi connectivity index (χ0) is 15.8. The molecule has 2 atom stereocenters. The molecule has 0 aliphatic heterocycles. The van der Waals surface area contributed by atoms with Gasteiger partial charge in [0.15, 0.2) is 6.10 Å². The average Bonchev–Trinajstić information content (AvgIpc) is 2.44. The number of amides is 1. The van der Waals surface area contributed by atoms with Gasteiger partial charge in [-0.1, -0.05) is 25.1 Å². The Morgan fingerprint density at radius 2 is 1.81 bits per heavy atom. The highest BCUT2D eigenvalue weighted by molar-refractivity contribution is 5.88. The van der Waals surface area contributed by atoms with Gasteiger partial charge in [-0.25, -0.2) is 4.79 Å². The van der Waals surface area contributed by atoms with Gasteiger partial charge >= 0.3 is 11.9 Å². The molecule has 0 aromatic heterocycles. The fraction of sp³-hybridized carbons (Fsp3) is 0.357. The highest BCUT2D eigenvalue weighted by atomic mass is 16.5. The first kappa shape index (κ1) is 16.5. The lowest BCUT2D eigenvalue weighted by atomic mass is 10.2. The Morgan fingerprint density at radius 1 is 1.19 bits per heavy atom. The van der Waals surface area contributed by atoms with Crippen molar-refractivity contribution >= 4 is 17.8 Å². The summed E-state index contributed by atoms with van der Waals surface area (Å²) < 4.78 is 5.46. The molecule has 0 saturated heterocycles. The highest BCUT2D eigenvalue weighted by Crippen LogP contribution is 2.12. The number of carbonyl (C=O) groups is 3. The molecular formula is C14H17NO6. The Kier molecular flexibility index (Phi) is 6.19. The van der Waals surface area contributed by atoms with Crippen LogP contribution in [0.2, 0.25) is 0 Å².